The summed E-state index contributed by atoms with van der Waals surface area (Å²) in [5.41, 5.74) is 2.06. The van der Waals surface area contributed by atoms with Crippen LogP contribution in [0.3, 0.4) is 0 Å². The highest BCUT2D eigenvalue weighted by Gasteiger charge is 2.00. The Bertz CT molecular complexity index is 398. The summed E-state index contributed by atoms with van der Waals surface area (Å²) in [6.07, 6.45) is 3.50. The molecule has 0 N–H and O–H groups in total. The number of hydrogen-bond donors (Lipinski definition) is 0. The number of rotatable bonds is 1. The van der Waals surface area contributed by atoms with Gasteiger partial charge in [0, 0.05) is 24.0 Å². The average molecular weight is 189 g/mol. The summed E-state index contributed by atoms with van der Waals surface area (Å²) in [4.78, 5) is 3.95. The maximum absolute atomic E-state index is 5.98. The van der Waals surface area contributed by atoms with Crippen LogP contribution >= 0.6 is 11.6 Å². The van der Waals surface area contributed by atoms with E-state index in [1.165, 1.54) is 0 Å². The molecule has 1 heterocycles. The maximum Gasteiger partial charge on any atom is 0.0563 e. The molecule has 0 saturated heterocycles. The summed E-state index contributed by atoms with van der Waals surface area (Å²) in [7, 11) is 0. The fourth-order valence-corrected chi connectivity index (χ4v) is 1.41. The fraction of sp³-hybridized carbons (Fsp3) is 0. The second-order valence-corrected chi connectivity index (χ2v) is 3.01. The van der Waals surface area contributed by atoms with Gasteiger partial charge in [0.1, 0.15) is 0 Å². The van der Waals surface area contributed by atoms with Crippen molar-refractivity contribution in [2.75, 3.05) is 0 Å². The van der Waals surface area contributed by atoms with Crippen LogP contribution in [0.1, 0.15) is 0 Å². The largest absolute Gasteiger partial charge is 0.265 e. The van der Waals surface area contributed by atoms with Gasteiger partial charge in [-0.05, 0) is 17.7 Å². The van der Waals surface area contributed by atoms with Crippen LogP contribution in [0.25, 0.3) is 11.1 Å². The molecule has 0 spiro atoms. The first-order chi connectivity index (χ1) is 6.38. The van der Waals surface area contributed by atoms with Gasteiger partial charge in [-0.15, -0.1) is 0 Å². The highest BCUT2D eigenvalue weighted by molar-refractivity contribution is 6.33. The molecule has 1 aromatic heterocycles. The average Bonchev–Trinajstić information content (AvgIpc) is 2.20. The Labute approximate surface area is 82.0 Å². The van der Waals surface area contributed by atoms with E-state index in [-0.39, 0.29) is 0 Å². The summed E-state index contributed by atoms with van der Waals surface area (Å²) in [5.74, 6) is 0. The van der Waals surface area contributed by atoms with E-state index >= 15 is 0 Å². The SMILES string of the molecule is Clc1[c]cccc1-c1ccncc1. The highest BCUT2D eigenvalue weighted by Crippen LogP contribution is 2.25. The Kier molecular flexibility index (Phi) is 2.28. The van der Waals surface area contributed by atoms with Crippen LogP contribution in [0.5, 0.6) is 0 Å². The minimum absolute atomic E-state index is 0.647. The molecule has 0 fully saturated rings. The van der Waals surface area contributed by atoms with E-state index in [4.69, 9.17) is 11.6 Å². The van der Waals surface area contributed by atoms with Crippen molar-refractivity contribution in [1.29, 1.82) is 0 Å². The van der Waals surface area contributed by atoms with E-state index in [0.29, 0.717) is 5.02 Å². The zero-order valence-corrected chi connectivity index (χ0v) is 7.62. The Morgan fingerprint density at radius 3 is 2.62 bits per heavy atom. The zero-order valence-electron chi connectivity index (χ0n) is 6.87. The first-order valence-electron chi connectivity index (χ1n) is 3.94. The number of halogens is 1. The lowest BCUT2D eigenvalue weighted by Gasteiger charge is -2.01. The standard InChI is InChI=1S/C11H7ClN/c12-11-4-2-1-3-10(11)9-5-7-13-8-6-9/h1-3,5-8H. The molecule has 1 aromatic carbocycles. The smallest absolute Gasteiger partial charge is 0.0563 e. The molecule has 0 aliphatic rings. The molecule has 0 atom stereocenters. The van der Waals surface area contributed by atoms with Crippen LogP contribution in [0.2, 0.25) is 5.02 Å². The van der Waals surface area contributed by atoms with E-state index in [9.17, 15) is 0 Å². The van der Waals surface area contributed by atoms with Crippen LogP contribution in [0.15, 0.2) is 42.7 Å². The summed E-state index contributed by atoms with van der Waals surface area (Å²) in [5, 5.41) is 0.647. The zero-order chi connectivity index (χ0) is 9.10. The van der Waals surface area contributed by atoms with Gasteiger partial charge >= 0.3 is 0 Å². The lowest BCUT2D eigenvalue weighted by Crippen LogP contribution is -1.79. The molecule has 0 aliphatic heterocycles. The van der Waals surface area contributed by atoms with Gasteiger partial charge in [0.05, 0.1) is 5.02 Å². The van der Waals surface area contributed by atoms with E-state index < -0.39 is 0 Å². The molecule has 2 heteroatoms. The van der Waals surface area contributed by atoms with Crippen LogP contribution in [-0.2, 0) is 0 Å². The molecule has 1 radical (unpaired) electrons. The molecule has 0 amide bonds. The van der Waals surface area contributed by atoms with Crippen LogP contribution in [-0.4, -0.2) is 4.98 Å². The van der Waals surface area contributed by atoms with E-state index in [2.05, 4.69) is 11.1 Å². The summed E-state index contributed by atoms with van der Waals surface area (Å²) in [6.45, 7) is 0. The van der Waals surface area contributed by atoms with Crippen molar-refractivity contribution in [3.63, 3.8) is 0 Å². The molecule has 2 rings (SSSR count). The molecular weight excluding hydrogens is 182 g/mol. The summed E-state index contributed by atoms with van der Waals surface area (Å²) in [6, 6.07) is 12.5. The molecule has 63 valence electrons. The third kappa shape index (κ3) is 1.70. The first kappa shape index (κ1) is 8.27. The van der Waals surface area contributed by atoms with E-state index in [0.717, 1.165) is 11.1 Å². The lowest BCUT2D eigenvalue weighted by molar-refractivity contribution is 1.33. The van der Waals surface area contributed by atoms with Crippen molar-refractivity contribution >= 4 is 11.6 Å². The molecule has 1 nitrogen and oxygen atoms in total. The van der Waals surface area contributed by atoms with E-state index in [1.54, 1.807) is 18.5 Å². The highest BCUT2D eigenvalue weighted by atomic mass is 35.5. The third-order valence-electron chi connectivity index (χ3n) is 1.80. The van der Waals surface area contributed by atoms with Gasteiger partial charge in [-0.25, -0.2) is 0 Å². The van der Waals surface area contributed by atoms with Crippen LogP contribution in [0.4, 0.5) is 0 Å². The van der Waals surface area contributed by atoms with Crippen molar-refractivity contribution in [3.8, 4) is 11.1 Å². The predicted octanol–water partition coefficient (Wildman–Crippen LogP) is 3.20. The van der Waals surface area contributed by atoms with Crippen molar-refractivity contribution in [3.05, 3.63) is 53.8 Å². The van der Waals surface area contributed by atoms with Crippen LogP contribution < -0.4 is 0 Å². The predicted molar refractivity (Wildman–Crippen MR) is 53.5 cm³/mol. The number of pyridine rings is 1. The summed E-state index contributed by atoms with van der Waals surface area (Å²) >= 11 is 5.98. The van der Waals surface area contributed by atoms with E-state index in [1.807, 2.05) is 24.3 Å². The van der Waals surface area contributed by atoms with Crippen molar-refractivity contribution in [2.24, 2.45) is 0 Å². The molecular formula is C11H7ClN. The topological polar surface area (TPSA) is 12.9 Å². The molecule has 0 saturated carbocycles. The van der Waals surface area contributed by atoms with Gasteiger partial charge in [0.15, 0.2) is 0 Å². The minimum atomic E-state index is 0.647. The lowest BCUT2D eigenvalue weighted by atomic mass is 10.1. The van der Waals surface area contributed by atoms with Crippen molar-refractivity contribution in [1.82, 2.24) is 4.98 Å². The second kappa shape index (κ2) is 3.58. The monoisotopic (exact) mass is 188 g/mol. The first-order valence-corrected chi connectivity index (χ1v) is 4.32. The number of aromatic nitrogens is 1. The van der Waals surface area contributed by atoms with Gasteiger partial charge in [-0.1, -0.05) is 29.8 Å². The summed E-state index contributed by atoms with van der Waals surface area (Å²) < 4.78 is 0. The van der Waals surface area contributed by atoms with Gasteiger partial charge < -0.3 is 0 Å². The number of nitrogens with zero attached hydrogens (tertiary/aromatic N) is 1. The van der Waals surface area contributed by atoms with Crippen LogP contribution in [0, 0.1) is 6.07 Å². The van der Waals surface area contributed by atoms with Gasteiger partial charge in [0.25, 0.3) is 0 Å². The minimum Gasteiger partial charge on any atom is -0.265 e. The van der Waals surface area contributed by atoms with Gasteiger partial charge in [-0.2, -0.15) is 0 Å². The third-order valence-corrected chi connectivity index (χ3v) is 2.11. The quantitative estimate of drug-likeness (QED) is 0.670. The molecule has 0 unspecified atom stereocenters. The number of hydrogen-bond acceptors (Lipinski definition) is 1. The van der Waals surface area contributed by atoms with Crippen molar-refractivity contribution in [2.45, 2.75) is 0 Å². The Morgan fingerprint density at radius 2 is 1.92 bits per heavy atom. The van der Waals surface area contributed by atoms with Crippen molar-refractivity contribution < 1.29 is 0 Å². The Hall–Kier alpha value is -1.34. The molecule has 2 aromatic rings. The maximum atomic E-state index is 5.98. The normalized spacial score (nSPS) is 9.92. The van der Waals surface area contributed by atoms with Gasteiger partial charge in [0.2, 0.25) is 0 Å². The molecule has 0 bridgehead atoms. The number of benzene rings is 1. The molecule has 0 aliphatic carbocycles. The second-order valence-electron chi connectivity index (χ2n) is 2.63. The molecule has 13 heavy (non-hydrogen) atoms. The van der Waals surface area contributed by atoms with Gasteiger partial charge in [-0.3, -0.25) is 4.98 Å². The Morgan fingerprint density at radius 1 is 1.15 bits per heavy atom. The fourth-order valence-electron chi connectivity index (χ4n) is 1.17. The Balaban J connectivity index is 2.54.